The average molecular weight is 451 g/mol. The Kier molecular flexibility index (Phi) is 7.19. The second-order valence-corrected chi connectivity index (χ2v) is 7.77. The van der Waals surface area contributed by atoms with Gasteiger partial charge < -0.3 is 4.74 Å². The van der Waals surface area contributed by atoms with E-state index in [0.29, 0.717) is 18.8 Å². The zero-order chi connectivity index (χ0) is 20.6. The first kappa shape index (κ1) is 20.8. The zero-order valence-electron chi connectivity index (χ0n) is 16.5. The molecule has 3 rings (SSSR count). The lowest BCUT2D eigenvalue weighted by Crippen LogP contribution is -2.20. The van der Waals surface area contributed by atoms with Crippen LogP contribution in [0.15, 0.2) is 76.3 Å². The number of aryl methyl sites for hydroxylation is 2. The Morgan fingerprint density at radius 2 is 1.83 bits per heavy atom. The van der Waals surface area contributed by atoms with E-state index in [0.717, 1.165) is 32.3 Å². The first-order chi connectivity index (χ1) is 14.0. The highest BCUT2D eigenvalue weighted by Gasteiger charge is 2.06. The monoisotopic (exact) mass is 450 g/mol. The van der Waals surface area contributed by atoms with E-state index in [9.17, 15) is 4.79 Å². The van der Waals surface area contributed by atoms with Crippen molar-refractivity contribution in [3.05, 3.63) is 99.0 Å². The van der Waals surface area contributed by atoms with Crippen LogP contribution < -0.4 is 10.2 Å². The van der Waals surface area contributed by atoms with Crippen molar-refractivity contribution in [2.45, 2.75) is 26.9 Å². The summed E-state index contributed by atoms with van der Waals surface area (Å²) < 4.78 is 6.96. The molecule has 5 heteroatoms. The van der Waals surface area contributed by atoms with E-state index < -0.39 is 0 Å². The maximum Gasteiger partial charge on any atom is 0.244 e. The summed E-state index contributed by atoms with van der Waals surface area (Å²) in [4.78, 5) is 12.2. The van der Waals surface area contributed by atoms with Crippen LogP contribution in [-0.4, -0.2) is 12.1 Å². The maximum absolute atomic E-state index is 12.2. The van der Waals surface area contributed by atoms with E-state index in [4.69, 9.17) is 4.74 Å². The van der Waals surface area contributed by atoms with Crippen molar-refractivity contribution in [2.24, 2.45) is 5.10 Å². The van der Waals surface area contributed by atoms with Gasteiger partial charge in [-0.3, -0.25) is 4.79 Å². The third-order valence-corrected chi connectivity index (χ3v) is 5.00. The molecule has 0 aliphatic carbocycles. The lowest BCUT2D eigenvalue weighted by atomic mass is 10.0. The van der Waals surface area contributed by atoms with E-state index >= 15 is 0 Å². The van der Waals surface area contributed by atoms with Gasteiger partial charge >= 0.3 is 0 Å². The normalized spacial score (nSPS) is 10.9. The number of nitrogens with one attached hydrogen (secondary N) is 1. The Hall–Kier alpha value is -2.92. The standard InChI is InChI=1S/C24H23BrN2O2/c1-17-7-8-18(2)21(13-17)14-24(28)27-26-15-20-5-3-4-6-23(20)29-16-19-9-11-22(25)12-10-19/h3-13,15H,14,16H2,1-2H3,(H,27,28)/b26-15+. The van der Waals surface area contributed by atoms with E-state index in [1.807, 2.05) is 80.6 Å². The molecular weight excluding hydrogens is 428 g/mol. The Morgan fingerprint density at radius 1 is 1.07 bits per heavy atom. The molecule has 0 radical (unpaired) electrons. The van der Waals surface area contributed by atoms with Crippen LogP contribution in [0, 0.1) is 13.8 Å². The fraction of sp³-hybridized carbons (Fsp3) is 0.167. The molecule has 0 saturated heterocycles. The minimum absolute atomic E-state index is 0.150. The third kappa shape index (κ3) is 6.29. The third-order valence-electron chi connectivity index (χ3n) is 4.48. The molecule has 148 valence electrons. The number of hydrazone groups is 1. The number of benzene rings is 3. The van der Waals surface area contributed by atoms with Crippen LogP contribution >= 0.6 is 15.9 Å². The van der Waals surface area contributed by atoms with Gasteiger partial charge in [-0.2, -0.15) is 5.10 Å². The molecule has 0 unspecified atom stereocenters. The van der Waals surface area contributed by atoms with Gasteiger partial charge in [-0.1, -0.05) is 64.0 Å². The number of ether oxygens (including phenoxy) is 1. The summed E-state index contributed by atoms with van der Waals surface area (Å²) in [6.07, 6.45) is 1.91. The van der Waals surface area contributed by atoms with Crippen LogP contribution in [0.1, 0.15) is 27.8 Å². The van der Waals surface area contributed by atoms with Gasteiger partial charge in [0.2, 0.25) is 5.91 Å². The van der Waals surface area contributed by atoms with Gasteiger partial charge in [0, 0.05) is 10.0 Å². The van der Waals surface area contributed by atoms with Crippen molar-refractivity contribution in [3.63, 3.8) is 0 Å². The molecule has 0 bridgehead atoms. The largest absolute Gasteiger partial charge is 0.488 e. The molecule has 1 amide bonds. The zero-order valence-corrected chi connectivity index (χ0v) is 18.1. The highest BCUT2D eigenvalue weighted by Crippen LogP contribution is 2.18. The Balaban J connectivity index is 1.59. The summed E-state index contributed by atoms with van der Waals surface area (Å²) in [5, 5.41) is 4.11. The molecular formula is C24H23BrN2O2. The SMILES string of the molecule is Cc1ccc(C)c(CC(=O)N/N=C/c2ccccc2OCc2ccc(Br)cc2)c1. The smallest absolute Gasteiger partial charge is 0.244 e. The number of nitrogens with zero attached hydrogens (tertiary/aromatic N) is 1. The van der Waals surface area contributed by atoms with Crippen LogP contribution in [0.4, 0.5) is 0 Å². The van der Waals surface area contributed by atoms with Gasteiger partial charge in [-0.25, -0.2) is 5.43 Å². The molecule has 4 nitrogen and oxygen atoms in total. The van der Waals surface area contributed by atoms with Crippen molar-refractivity contribution >= 4 is 28.1 Å². The van der Waals surface area contributed by atoms with Crippen molar-refractivity contribution in [2.75, 3.05) is 0 Å². The van der Waals surface area contributed by atoms with E-state index in [-0.39, 0.29) is 5.91 Å². The van der Waals surface area contributed by atoms with E-state index in [1.165, 1.54) is 0 Å². The number of hydrogen-bond acceptors (Lipinski definition) is 3. The fourth-order valence-corrected chi connectivity index (χ4v) is 3.10. The summed E-state index contributed by atoms with van der Waals surface area (Å²) in [6.45, 7) is 4.48. The number of carbonyl (C=O) groups is 1. The van der Waals surface area contributed by atoms with Crippen molar-refractivity contribution in [1.29, 1.82) is 0 Å². The summed E-state index contributed by atoms with van der Waals surface area (Å²) in [6, 6.07) is 21.7. The summed E-state index contributed by atoms with van der Waals surface area (Å²) >= 11 is 3.43. The Labute approximate surface area is 179 Å². The average Bonchev–Trinajstić information content (AvgIpc) is 2.71. The van der Waals surface area contributed by atoms with Crippen molar-refractivity contribution in [3.8, 4) is 5.75 Å². The molecule has 0 spiro atoms. The molecule has 0 saturated carbocycles. The topological polar surface area (TPSA) is 50.7 Å². The van der Waals surface area contributed by atoms with Crippen molar-refractivity contribution in [1.82, 2.24) is 5.43 Å². The predicted octanol–water partition coefficient (Wildman–Crippen LogP) is 5.34. The number of rotatable bonds is 7. The molecule has 0 aliphatic rings. The molecule has 0 fully saturated rings. The summed E-state index contributed by atoms with van der Waals surface area (Å²) in [5.74, 6) is 0.561. The van der Waals surface area contributed by atoms with Crippen LogP contribution in [0.25, 0.3) is 0 Å². The quantitative estimate of drug-likeness (QED) is 0.390. The Bertz CT molecular complexity index is 1010. The molecule has 29 heavy (non-hydrogen) atoms. The minimum Gasteiger partial charge on any atom is -0.488 e. The number of carbonyl (C=O) groups excluding carboxylic acids is 1. The van der Waals surface area contributed by atoms with Gasteiger partial charge in [0.25, 0.3) is 0 Å². The lowest BCUT2D eigenvalue weighted by molar-refractivity contribution is -0.120. The first-order valence-corrected chi connectivity index (χ1v) is 10.1. The van der Waals surface area contributed by atoms with Gasteiger partial charge in [0.05, 0.1) is 12.6 Å². The second-order valence-electron chi connectivity index (χ2n) is 6.85. The van der Waals surface area contributed by atoms with E-state index in [2.05, 4.69) is 26.5 Å². The number of halogens is 1. The van der Waals surface area contributed by atoms with Crippen LogP contribution in [0.5, 0.6) is 5.75 Å². The summed E-state index contributed by atoms with van der Waals surface area (Å²) in [5.41, 5.74) is 7.72. The highest BCUT2D eigenvalue weighted by atomic mass is 79.9. The number of hydrogen-bond donors (Lipinski definition) is 1. The molecule has 1 N–H and O–H groups in total. The lowest BCUT2D eigenvalue weighted by Gasteiger charge is -2.09. The molecule has 3 aromatic rings. The van der Waals surface area contributed by atoms with Crippen LogP contribution in [0.2, 0.25) is 0 Å². The molecule has 0 aliphatic heterocycles. The molecule has 3 aromatic carbocycles. The van der Waals surface area contributed by atoms with Crippen LogP contribution in [-0.2, 0) is 17.8 Å². The predicted molar refractivity (Wildman–Crippen MR) is 120 cm³/mol. The maximum atomic E-state index is 12.2. The first-order valence-electron chi connectivity index (χ1n) is 9.35. The molecule has 0 aromatic heterocycles. The van der Waals surface area contributed by atoms with Gasteiger partial charge in [0.15, 0.2) is 0 Å². The highest BCUT2D eigenvalue weighted by molar-refractivity contribution is 9.10. The van der Waals surface area contributed by atoms with Gasteiger partial charge in [0.1, 0.15) is 12.4 Å². The van der Waals surface area contributed by atoms with Gasteiger partial charge in [-0.05, 0) is 54.8 Å². The molecule has 0 atom stereocenters. The number of amides is 1. The fourth-order valence-electron chi connectivity index (χ4n) is 2.84. The van der Waals surface area contributed by atoms with E-state index in [1.54, 1.807) is 6.21 Å². The van der Waals surface area contributed by atoms with Crippen LogP contribution in [0.3, 0.4) is 0 Å². The van der Waals surface area contributed by atoms with Gasteiger partial charge in [-0.15, -0.1) is 0 Å². The number of para-hydroxylation sites is 1. The second kappa shape index (κ2) is 10.0. The molecule has 0 heterocycles. The summed E-state index contributed by atoms with van der Waals surface area (Å²) in [7, 11) is 0. The van der Waals surface area contributed by atoms with Crippen molar-refractivity contribution < 1.29 is 9.53 Å². The Morgan fingerprint density at radius 3 is 2.62 bits per heavy atom. The minimum atomic E-state index is -0.150.